The minimum Gasteiger partial charge on any atom is -0.465 e. The molecule has 3 aliphatic heterocycles. The lowest BCUT2D eigenvalue weighted by Crippen LogP contribution is -2.51. The number of aliphatic hydroxyl groups excluding tert-OH is 3. The number of rotatable bonds is 3. The van der Waals surface area contributed by atoms with Gasteiger partial charge in [0.2, 0.25) is 0 Å². The van der Waals surface area contributed by atoms with Crippen molar-refractivity contribution in [2.75, 3.05) is 45.9 Å². The predicted molar refractivity (Wildman–Crippen MR) is 175 cm³/mol. The van der Waals surface area contributed by atoms with Crippen LogP contribution in [0.5, 0.6) is 0 Å². The Hall–Kier alpha value is -2.28. The first-order valence-electron chi connectivity index (χ1n) is 17.0. The molecular weight excluding hydrogens is 592 g/mol. The number of epoxide rings is 1. The fourth-order valence-corrected chi connectivity index (χ4v) is 6.18. The molecule has 9 unspecified atom stereocenters. The van der Waals surface area contributed by atoms with Crippen LogP contribution in [0, 0.1) is 17.8 Å². The van der Waals surface area contributed by atoms with Gasteiger partial charge < -0.3 is 39.5 Å². The number of esters is 1. The molecule has 0 spiro atoms. The van der Waals surface area contributed by atoms with E-state index in [1.165, 1.54) is 5.57 Å². The molecule has 4 N–H and O–H groups in total. The fraction of sp³-hybridized carbons (Fsp3) is 0.771. The van der Waals surface area contributed by atoms with Gasteiger partial charge in [-0.05, 0) is 57.4 Å². The van der Waals surface area contributed by atoms with E-state index < -0.39 is 36.0 Å². The molecule has 262 valence electrons. The van der Waals surface area contributed by atoms with Gasteiger partial charge in [-0.25, -0.2) is 4.79 Å². The van der Waals surface area contributed by atoms with E-state index in [-0.39, 0.29) is 62.9 Å². The fourth-order valence-electron chi connectivity index (χ4n) is 6.18. The zero-order valence-electron chi connectivity index (χ0n) is 28.4. The van der Waals surface area contributed by atoms with E-state index in [0.717, 1.165) is 12.8 Å². The molecule has 2 fully saturated rings. The molecule has 3 rings (SSSR count). The third-order valence-corrected chi connectivity index (χ3v) is 9.38. The summed E-state index contributed by atoms with van der Waals surface area (Å²) in [5.41, 5.74) is -0.334. The number of ether oxygens (including phenoxy) is 3. The van der Waals surface area contributed by atoms with Crippen molar-refractivity contribution in [3.05, 3.63) is 36.0 Å². The summed E-state index contributed by atoms with van der Waals surface area (Å²) in [5.74, 6) is -0.273. The number of amides is 1. The Kier molecular flexibility index (Phi) is 15.2. The van der Waals surface area contributed by atoms with Gasteiger partial charge >= 0.3 is 12.1 Å². The van der Waals surface area contributed by atoms with Gasteiger partial charge in [-0.3, -0.25) is 9.69 Å². The van der Waals surface area contributed by atoms with Crippen LogP contribution in [0.4, 0.5) is 4.79 Å². The van der Waals surface area contributed by atoms with Crippen LogP contribution in [-0.4, -0.2) is 124 Å². The van der Waals surface area contributed by atoms with Crippen molar-refractivity contribution in [3.8, 4) is 0 Å². The van der Waals surface area contributed by atoms with Gasteiger partial charge in [-0.15, -0.1) is 0 Å². The number of aliphatic hydroxyl groups is 4. The summed E-state index contributed by atoms with van der Waals surface area (Å²) in [6, 6.07) is 0. The predicted octanol–water partition coefficient (Wildman–Crippen LogP) is 3.21. The second-order valence-electron chi connectivity index (χ2n) is 13.9. The third-order valence-electron chi connectivity index (χ3n) is 9.38. The van der Waals surface area contributed by atoms with E-state index in [1.807, 2.05) is 13.0 Å². The van der Waals surface area contributed by atoms with Gasteiger partial charge in [0.15, 0.2) is 6.10 Å². The summed E-state index contributed by atoms with van der Waals surface area (Å²) in [6.07, 6.45) is 8.65. The number of allylic oxidation sites excluding steroid dienone is 5. The van der Waals surface area contributed by atoms with Gasteiger partial charge in [0.1, 0.15) is 5.60 Å². The van der Waals surface area contributed by atoms with E-state index >= 15 is 0 Å². The molecule has 3 heterocycles. The Labute approximate surface area is 274 Å². The summed E-state index contributed by atoms with van der Waals surface area (Å²) in [7, 11) is 0. The molecule has 46 heavy (non-hydrogen) atoms. The molecule has 0 radical (unpaired) electrons. The lowest BCUT2D eigenvalue weighted by molar-refractivity contribution is -0.147. The number of β-amino-alcohol motifs (C(OH)–C–C–N with tert-alkyl or cyclic N) is 1. The highest BCUT2D eigenvalue weighted by Crippen LogP contribution is 2.36. The van der Waals surface area contributed by atoms with Crippen molar-refractivity contribution in [3.63, 3.8) is 0 Å². The minimum atomic E-state index is -1.52. The molecule has 0 aromatic heterocycles. The van der Waals surface area contributed by atoms with Crippen molar-refractivity contribution >= 4 is 12.1 Å². The maximum Gasteiger partial charge on any atom is 0.410 e. The molecule has 0 aromatic carbocycles. The molecule has 0 saturated carbocycles. The second-order valence-corrected chi connectivity index (χ2v) is 13.9. The van der Waals surface area contributed by atoms with E-state index in [4.69, 9.17) is 14.2 Å². The summed E-state index contributed by atoms with van der Waals surface area (Å²) >= 11 is 0. The number of cyclic esters (lactones) is 1. The van der Waals surface area contributed by atoms with Crippen LogP contribution in [0.2, 0.25) is 0 Å². The SMILES string of the molecule is C/C1=C\C=C\C(C)CC2OC2C(C)C(O)CCOC(=O)CC(O)CCC(C)(O)C(OC(=O)N2CCN(CCO)CC2)/C=C/C(C)C1. The Balaban J connectivity index is 1.72. The Morgan fingerprint density at radius 1 is 1.04 bits per heavy atom. The molecule has 3 aliphatic rings. The molecule has 1 amide bonds. The largest absolute Gasteiger partial charge is 0.465 e. The van der Waals surface area contributed by atoms with Crippen LogP contribution >= 0.6 is 0 Å². The summed E-state index contributed by atoms with van der Waals surface area (Å²) in [5, 5.41) is 42.0. The first-order valence-corrected chi connectivity index (χ1v) is 17.0. The average molecular weight is 651 g/mol. The number of hydrogen-bond acceptors (Lipinski definition) is 10. The number of piperazine rings is 1. The molecule has 2 saturated heterocycles. The standard InChI is InChI=1S/C35H58N2O9/c1-24-7-6-8-25(2)22-30-33(45-30)27(4)29(40)12-20-44-32(41)23-28(39)11-13-35(5,43)31(10-9-26(3)21-24)46-34(42)37-16-14-36(15-17-37)18-19-38/h6-10,25-31,33,38-40,43H,11-23H2,1-5H3/b8-6+,10-9+,24-7+. The van der Waals surface area contributed by atoms with Gasteiger partial charge in [0.05, 0.1) is 44.1 Å². The highest BCUT2D eigenvalue weighted by atomic mass is 16.6. The van der Waals surface area contributed by atoms with Gasteiger partial charge in [-0.2, -0.15) is 0 Å². The van der Waals surface area contributed by atoms with Crippen molar-refractivity contribution in [2.24, 2.45) is 17.8 Å². The van der Waals surface area contributed by atoms with Gasteiger partial charge in [0, 0.05) is 45.1 Å². The highest BCUT2D eigenvalue weighted by Gasteiger charge is 2.45. The summed E-state index contributed by atoms with van der Waals surface area (Å²) in [6.45, 7) is 12.6. The number of fused-ring (bicyclic) bond motifs is 1. The van der Waals surface area contributed by atoms with Gasteiger partial charge in [-0.1, -0.05) is 50.6 Å². The maximum absolute atomic E-state index is 13.2. The van der Waals surface area contributed by atoms with Crippen LogP contribution in [0.1, 0.15) is 73.1 Å². The first kappa shape index (κ1) is 38.2. The molecule has 11 nitrogen and oxygen atoms in total. The van der Waals surface area contributed by atoms with E-state index in [9.17, 15) is 30.0 Å². The average Bonchev–Trinajstić information content (AvgIpc) is 3.76. The van der Waals surface area contributed by atoms with E-state index in [2.05, 4.69) is 43.9 Å². The zero-order chi connectivity index (χ0) is 33.9. The van der Waals surface area contributed by atoms with Crippen molar-refractivity contribution in [1.82, 2.24) is 9.80 Å². The van der Waals surface area contributed by atoms with Gasteiger partial charge in [0.25, 0.3) is 0 Å². The normalized spacial score (nSPS) is 39.1. The quantitative estimate of drug-likeness (QED) is 0.204. The molecular formula is C35H58N2O9. The van der Waals surface area contributed by atoms with Crippen LogP contribution < -0.4 is 0 Å². The summed E-state index contributed by atoms with van der Waals surface area (Å²) < 4.78 is 17.0. The van der Waals surface area contributed by atoms with Crippen LogP contribution in [0.15, 0.2) is 36.0 Å². The van der Waals surface area contributed by atoms with Crippen LogP contribution in [0.3, 0.4) is 0 Å². The van der Waals surface area contributed by atoms with Crippen molar-refractivity contribution < 1.29 is 44.2 Å². The lowest BCUT2D eigenvalue weighted by atomic mass is 9.89. The van der Waals surface area contributed by atoms with E-state index in [0.29, 0.717) is 38.6 Å². The van der Waals surface area contributed by atoms with E-state index in [1.54, 1.807) is 17.9 Å². The Morgan fingerprint density at radius 3 is 2.46 bits per heavy atom. The molecule has 0 bridgehead atoms. The van der Waals surface area contributed by atoms with Crippen LogP contribution in [0.25, 0.3) is 0 Å². The number of carbonyl (C=O) groups excluding carboxylic acids is 2. The second kappa shape index (κ2) is 18.3. The molecule has 0 aliphatic carbocycles. The molecule has 9 atom stereocenters. The molecule has 11 heteroatoms. The topological polar surface area (TPSA) is 153 Å². The molecule has 0 aromatic rings. The monoisotopic (exact) mass is 650 g/mol. The Bertz CT molecular complexity index is 1050. The van der Waals surface area contributed by atoms with Crippen molar-refractivity contribution in [2.45, 2.75) is 109 Å². The van der Waals surface area contributed by atoms with Crippen LogP contribution in [-0.2, 0) is 19.0 Å². The maximum atomic E-state index is 13.2. The number of carbonyl (C=O) groups is 2. The number of hydrogen-bond donors (Lipinski definition) is 4. The zero-order valence-corrected chi connectivity index (χ0v) is 28.4. The first-order chi connectivity index (χ1) is 21.8. The third kappa shape index (κ3) is 12.7. The van der Waals surface area contributed by atoms with Crippen molar-refractivity contribution in [1.29, 1.82) is 0 Å². The highest BCUT2D eigenvalue weighted by molar-refractivity contribution is 5.70. The number of nitrogens with zero attached hydrogens (tertiary/aromatic N) is 2. The minimum absolute atomic E-state index is 0.0168. The summed E-state index contributed by atoms with van der Waals surface area (Å²) in [4.78, 5) is 29.3. The smallest absolute Gasteiger partial charge is 0.410 e. The Morgan fingerprint density at radius 2 is 1.76 bits per heavy atom. The lowest BCUT2D eigenvalue weighted by Gasteiger charge is -2.36.